The van der Waals surface area contributed by atoms with E-state index in [4.69, 9.17) is 4.74 Å². The number of alkyl halides is 3. The van der Waals surface area contributed by atoms with Crippen LogP contribution in [0.3, 0.4) is 0 Å². The fraction of sp³-hybridized carbons (Fsp3) is 0.500. The first kappa shape index (κ1) is 16.4. The van der Waals surface area contributed by atoms with E-state index in [9.17, 15) is 13.2 Å². The van der Waals surface area contributed by atoms with Crippen molar-refractivity contribution >= 4 is 0 Å². The molecule has 1 nitrogen and oxygen atoms in total. The van der Waals surface area contributed by atoms with Gasteiger partial charge in [0.15, 0.2) is 0 Å². The summed E-state index contributed by atoms with van der Waals surface area (Å²) in [7, 11) is 0. The Morgan fingerprint density at radius 2 is 1.90 bits per heavy atom. The molecule has 110 valence electrons. The van der Waals surface area contributed by atoms with Gasteiger partial charge in [0.25, 0.3) is 0 Å². The van der Waals surface area contributed by atoms with Crippen molar-refractivity contribution in [2.75, 3.05) is 6.61 Å². The monoisotopic (exact) mass is 284 g/mol. The third kappa shape index (κ3) is 4.48. The van der Waals surface area contributed by atoms with Crippen LogP contribution in [0.4, 0.5) is 13.2 Å². The fourth-order valence-corrected chi connectivity index (χ4v) is 1.86. The van der Waals surface area contributed by atoms with Gasteiger partial charge in [0.2, 0.25) is 0 Å². The summed E-state index contributed by atoms with van der Waals surface area (Å²) in [6.07, 6.45) is -3.07. The number of hydrogen-bond acceptors (Lipinski definition) is 1. The topological polar surface area (TPSA) is 9.23 Å². The van der Waals surface area contributed by atoms with Crippen molar-refractivity contribution in [1.29, 1.82) is 0 Å². The second-order valence-electron chi connectivity index (χ2n) is 4.50. The van der Waals surface area contributed by atoms with E-state index in [1.54, 1.807) is 0 Å². The molecule has 0 N–H and O–H groups in total. The Hall–Kier alpha value is -1.63. The number of halogens is 3. The molecule has 0 aliphatic heterocycles. The maximum absolute atomic E-state index is 12.8. The first-order valence-electron chi connectivity index (χ1n) is 6.69. The highest BCUT2D eigenvalue weighted by Crippen LogP contribution is 2.36. The molecule has 4 heteroatoms. The van der Waals surface area contributed by atoms with E-state index in [1.807, 2.05) is 20.8 Å². The van der Waals surface area contributed by atoms with Gasteiger partial charge in [-0.1, -0.05) is 13.8 Å². The van der Waals surface area contributed by atoms with Crippen LogP contribution in [0.15, 0.2) is 18.2 Å². The van der Waals surface area contributed by atoms with Crippen LogP contribution in [0.1, 0.15) is 50.7 Å². The fourth-order valence-electron chi connectivity index (χ4n) is 1.86. The van der Waals surface area contributed by atoms with Crippen molar-refractivity contribution in [1.82, 2.24) is 0 Å². The minimum absolute atomic E-state index is 0.0992. The second kappa shape index (κ2) is 7.23. The van der Waals surface area contributed by atoms with Gasteiger partial charge in [0, 0.05) is 12.8 Å². The maximum atomic E-state index is 12.8. The first-order chi connectivity index (χ1) is 9.40. The van der Waals surface area contributed by atoms with Crippen molar-refractivity contribution < 1.29 is 17.9 Å². The Bertz CT molecular complexity index is 495. The van der Waals surface area contributed by atoms with Crippen LogP contribution in [0.2, 0.25) is 0 Å². The Labute approximate surface area is 118 Å². The summed E-state index contributed by atoms with van der Waals surface area (Å²) in [6, 6.07) is 3.62. The van der Waals surface area contributed by atoms with Crippen LogP contribution in [0.5, 0.6) is 5.75 Å². The zero-order valence-electron chi connectivity index (χ0n) is 12.0. The lowest BCUT2D eigenvalue weighted by molar-refractivity contribution is -0.137. The van der Waals surface area contributed by atoms with Gasteiger partial charge in [-0.15, -0.1) is 11.8 Å². The lowest BCUT2D eigenvalue weighted by Gasteiger charge is -2.17. The molecule has 0 aliphatic rings. The van der Waals surface area contributed by atoms with Gasteiger partial charge >= 0.3 is 6.18 Å². The Morgan fingerprint density at radius 3 is 2.45 bits per heavy atom. The summed E-state index contributed by atoms with van der Waals surface area (Å²) in [5.74, 6) is 6.31. The van der Waals surface area contributed by atoms with Crippen molar-refractivity contribution in [3.8, 4) is 17.6 Å². The van der Waals surface area contributed by atoms with Gasteiger partial charge < -0.3 is 4.74 Å². The van der Waals surface area contributed by atoms with Gasteiger partial charge in [-0.3, -0.25) is 0 Å². The molecule has 0 heterocycles. The van der Waals surface area contributed by atoms with Crippen LogP contribution >= 0.6 is 0 Å². The molecule has 1 rings (SSSR count). The smallest absolute Gasteiger partial charge is 0.416 e. The maximum Gasteiger partial charge on any atom is 0.416 e. The van der Waals surface area contributed by atoms with Gasteiger partial charge in [0.05, 0.1) is 12.2 Å². The molecule has 0 saturated heterocycles. The van der Waals surface area contributed by atoms with E-state index in [0.29, 0.717) is 24.3 Å². The zero-order chi connectivity index (χ0) is 15.2. The lowest BCUT2D eigenvalue weighted by atomic mass is 9.95. The molecule has 1 unspecified atom stereocenters. The third-order valence-corrected chi connectivity index (χ3v) is 2.88. The van der Waals surface area contributed by atoms with Crippen LogP contribution < -0.4 is 4.74 Å². The molecule has 1 aromatic rings. The molecule has 1 aromatic carbocycles. The average molecular weight is 284 g/mol. The highest BCUT2D eigenvalue weighted by molar-refractivity contribution is 5.41. The van der Waals surface area contributed by atoms with E-state index in [0.717, 1.165) is 12.5 Å². The number of benzene rings is 1. The normalized spacial score (nSPS) is 12.5. The van der Waals surface area contributed by atoms with Gasteiger partial charge in [-0.2, -0.15) is 13.2 Å². The van der Waals surface area contributed by atoms with Crippen molar-refractivity contribution in [2.24, 2.45) is 0 Å². The number of ether oxygens (including phenoxy) is 1. The minimum atomic E-state index is -4.34. The van der Waals surface area contributed by atoms with Crippen molar-refractivity contribution in [2.45, 2.75) is 45.7 Å². The van der Waals surface area contributed by atoms with E-state index in [-0.39, 0.29) is 5.92 Å². The zero-order valence-corrected chi connectivity index (χ0v) is 12.0. The highest BCUT2D eigenvalue weighted by atomic mass is 19.4. The highest BCUT2D eigenvalue weighted by Gasteiger charge is 2.31. The van der Waals surface area contributed by atoms with E-state index >= 15 is 0 Å². The number of rotatable bonds is 4. The molecule has 20 heavy (non-hydrogen) atoms. The molecule has 0 amide bonds. The molecular formula is C16H19F3O. The summed E-state index contributed by atoms with van der Waals surface area (Å²) < 4.78 is 43.8. The van der Waals surface area contributed by atoms with Crippen LogP contribution in [-0.4, -0.2) is 6.61 Å². The molecule has 0 fully saturated rings. The van der Waals surface area contributed by atoms with Gasteiger partial charge in [-0.05, 0) is 36.6 Å². The molecule has 0 saturated carbocycles. The standard InChI is InChI=1S/C16H19F3O/c1-4-6-7-8-12(3)14-11-13(16(17,18)19)9-10-15(14)20-5-2/h9-12H,4-5,8H2,1-3H3. The van der Waals surface area contributed by atoms with Crippen molar-refractivity contribution in [3.05, 3.63) is 29.3 Å². The molecule has 1 atom stereocenters. The Balaban J connectivity index is 3.11. The molecule has 0 aromatic heterocycles. The largest absolute Gasteiger partial charge is 0.494 e. The minimum Gasteiger partial charge on any atom is -0.494 e. The second-order valence-corrected chi connectivity index (χ2v) is 4.50. The molecular weight excluding hydrogens is 265 g/mol. The van der Waals surface area contributed by atoms with E-state index in [1.165, 1.54) is 12.1 Å². The number of hydrogen-bond donors (Lipinski definition) is 0. The average Bonchev–Trinajstić information content (AvgIpc) is 2.38. The molecule has 0 aliphatic carbocycles. The predicted molar refractivity (Wildman–Crippen MR) is 73.7 cm³/mol. The predicted octanol–water partition coefficient (Wildman–Crippen LogP) is 5.01. The van der Waals surface area contributed by atoms with Gasteiger partial charge in [-0.25, -0.2) is 0 Å². The third-order valence-electron chi connectivity index (χ3n) is 2.88. The summed E-state index contributed by atoms with van der Waals surface area (Å²) in [4.78, 5) is 0. The Kier molecular flexibility index (Phi) is 5.94. The molecule has 0 radical (unpaired) electrons. The van der Waals surface area contributed by atoms with Crippen LogP contribution in [0.25, 0.3) is 0 Å². The van der Waals surface area contributed by atoms with Crippen LogP contribution in [-0.2, 0) is 6.18 Å². The first-order valence-corrected chi connectivity index (χ1v) is 6.69. The van der Waals surface area contributed by atoms with Crippen molar-refractivity contribution in [3.63, 3.8) is 0 Å². The molecule has 0 bridgehead atoms. The van der Waals surface area contributed by atoms with E-state index in [2.05, 4.69) is 11.8 Å². The van der Waals surface area contributed by atoms with E-state index < -0.39 is 11.7 Å². The molecule has 0 spiro atoms. The Morgan fingerprint density at radius 1 is 1.20 bits per heavy atom. The lowest BCUT2D eigenvalue weighted by Crippen LogP contribution is -2.08. The quantitative estimate of drug-likeness (QED) is 0.706. The summed E-state index contributed by atoms with van der Waals surface area (Å²) in [5, 5.41) is 0. The summed E-state index contributed by atoms with van der Waals surface area (Å²) in [5.41, 5.74) is -0.0849. The summed E-state index contributed by atoms with van der Waals surface area (Å²) in [6.45, 7) is 6.03. The summed E-state index contributed by atoms with van der Waals surface area (Å²) >= 11 is 0. The van der Waals surface area contributed by atoms with Crippen LogP contribution in [0, 0.1) is 11.8 Å². The van der Waals surface area contributed by atoms with Gasteiger partial charge in [0.1, 0.15) is 5.75 Å². The SMILES string of the molecule is CCC#CCC(C)c1cc(C(F)(F)F)ccc1OCC.